The van der Waals surface area contributed by atoms with Gasteiger partial charge in [0.05, 0.1) is 0 Å². The van der Waals surface area contributed by atoms with E-state index in [1.165, 1.54) is 0 Å². The first-order valence-corrected chi connectivity index (χ1v) is 10.2. The summed E-state index contributed by atoms with van der Waals surface area (Å²) in [5.74, 6) is 1.67. The molecule has 7 nitrogen and oxygen atoms in total. The SMILES string of the molecule is CC(=O)N1CCN(c2cc(C(=O)NCCC(C)C)nc(-c3ccccc3)n2)CC1. The Labute approximate surface area is 172 Å². The lowest BCUT2D eigenvalue weighted by atomic mass is 10.1. The third-order valence-electron chi connectivity index (χ3n) is 5.03. The molecule has 2 amide bonds. The van der Waals surface area contributed by atoms with Crippen molar-refractivity contribution in [1.29, 1.82) is 0 Å². The molecule has 2 aromatic rings. The van der Waals surface area contributed by atoms with Crippen LogP contribution in [-0.2, 0) is 4.79 Å². The molecule has 1 saturated heterocycles. The highest BCUT2D eigenvalue weighted by molar-refractivity contribution is 5.93. The van der Waals surface area contributed by atoms with Crippen LogP contribution in [0.1, 0.15) is 37.7 Å². The van der Waals surface area contributed by atoms with Crippen LogP contribution in [0.3, 0.4) is 0 Å². The van der Waals surface area contributed by atoms with Crippen LogP contribution in [0.2, 0.25) is 0 Å². The number of carbonyl (C=O) groups is 2. The number of hydrogen-bond acceptors (Lipinski definition) is 5. The zero-order valence-corrected chi connectivity index (χ0v) is 17.4. The molecular weight excluding hydrogens is 366 g/mol. The van der Waals surface area contributed by atoms with Gasteiger partial charge in [-0.1, -0.05) is 44.2 Å². The smallest absolute Gasteiger partial charge is 0.270 e. The lowest BCUT2D eigenvalue weighted by Crippen LogP contribution is -2.48. The number of nitrogens with one attached hydrogen (secondary N) is 1. The van der Waals surface area contributed by atoms with Gasteiger partial charge in [-0.05, 0) is 12.3 Å². The quantitative estimate of drug-likeness (QED) is 0.813. The van der Waals surface area contributed by atoms with Gasteiger partial charge < -0.3 is 15.1 Å². The van der Waals surface area contributed by atoms with Crippen molar-refractivity contribution in [2.75, 3.05) is 37.6 Å². The lowest BCUT2D eigenvalue weighted by molar-refractivity contribution is -0.129. The van der Waals surface area contributed by atoms with Crippen molar-refractivity contribution in [1.82, 2.24) is 20.2 Å². The Bertz CT molecular complexity index is 846. The molecule has 7 heteroatoms. The molecule has 0 saturated carbocycles. The molecule has 29 heavy (non-hydrogen) atoms. The van der Waals surface area contributed by atoms with Crippen LogP contribution in [-0.4, -0.2) is 59.4 Å². The zero-order chi connectivity index (χ0) is 20.8. The first kappa shape index (κ1) is 20.8. The zero-order valence-electron chi connectivity index (χ0n) is 17.4. The highest BCUT2D eigenvalue weighted by Gasteiger charge is 2.22. The van der Waals surface area contributed by atoms with E-state index < -0.39 is 0 Å². The van der Waals surface area contributed by atoms with E-state index in [9.17, 15) is 9.59 Å². The summed E-state index contributed by atoms with van der Waals surface area (Å²) in [5.41, 5.74) is 1.24. The summed E-state index contributed by atoms with van der Waals surface area (Å²) >= 11 is 0. The normalized spacial score (nSPS) is 14.2. The largest absolute Gasteiger partial charge is 0.353 e. The third kappa shape index (κ3) is 5.53. The number of aromatic nitrogens is 2. The van der Waals surface area contributed by atoms with Crippen molar-refractivity contribution < 1.29 is 9.59 Å². The molecule has 3 rings (SSSR count). The molecule has 1 aliphatic rings. The summed E-state index contributed by atoms with van der Waals surface area (Å²) < 4.78 is 0. The van der Waals surface area contributed by atoms with Gasteiger partial charge in [-0.15, -0.1) is 0 Å². The summed E-state index contributed by atoms with van der Waals surface area (Å²) in [5, 5.41) is 2.96. The number of hydrogen-bond donors (Lipinski definition) is 1. The first-order chi connectivity index (χ1) is 13.9. The summed E-state index contributed by atoms with van der Waals surface area (Å²) in [7, 11) is 0. The van der Waals surface area contributed by atoms with Crippen molar-refractivity contribution in [3.63, 3.8) is 0 Å². The molecule has 0 bridgehead atoms. The second-order valence-electron chi connectivity index (χ2n) is 7.73. The highest BCUT2D eigenvalue weighted by atomic mass is 16.2. The Kier molecular flexibility index (Phi) is 6.80. The molecule has 0 spiro atoms. The van der Waals surface area contributed by atoms with Crippen LogP contribution in [0.15, 0.2) is 36.4 Å². The molecule has 1 aromatic carbocycles. The Morgan fingerprint density at radius 1 is 1.07 bits per heavy atom. The fourth-order valence-corrected chi connectivity index (χ4v) is 3.24. The fourth-order valence-electron chi connectivity index (χ4n) is 3.24. The van der Waals surface area contributed by atoms with E-state index in [1.54, 1.807) is 13.0 Å². The van der Waals surface area contributed by atoms with E-state index in [4.69, 9.17) is 4.98 Å². The van der Waals surface area contributed by atoms with Gasteiger partial charge in [-0.25, -0.2) is 9.97 Å². The maximum Gasteiger partial charge on any atom is 0.270 e. The van der Waals surface area contributed by atoms with Crippen molar-refractivity contribution >= 4 is 17.6 Å². The number of rotatable bonds is 6. The molecule has 1 fully saturated rings. The predicted molar refractivity (Wildman–Crippen MR) is 114 cm³/mol. The van der Waals surface area contributed by atoms with Crippen LogP contribution in [0, 0.1) is 5.92 Å². The fraction of sp³-hybridized carbons (Fsp3) is 0.455. The summed E-state index contributed by atoms with van der Waals surface area (Å²) in [6.07, 6.45) is 0.919. The monoisotopic (exact) mass is 395 g/mol. The average molecular weight is 396 g/mol. The Balaban J connectivity index is 1.85. The van der Waals surface area contributed by atoms with Crippen LogP contribution in [0.4, 0.5) is 5.82 Å². The molecule has 1 aliphatic heterocycles. The maximum atomic E-state index is 12.7. The Morgan fingerprint density at radius 2 is 1.76 bits per heavy atom. The van der Waals surface area contributed by atoms with Gasteiger partial charge in [0.1, 0.15) is 11.5 Å². The average Bonchev–Trinajstić information content (AvgIpc) is 2.73. The third-order valence-corrected chi connectivity index (χ3v) is 5.03. The van der Waals surface area contributed by atoms with E-state index >= 15 is 0 Å². The number of anilines is 1. The van der Waals surface area contributed by atoms with Crippen LogP contribution in [0.25, 0.3) is 11.4 Å². The molecule has 0 atom stereocenters. The minimum Gasteiger partial charge on any atom is -0.353 e. The number of piperazine rings is 1. The Morgan fingerprint density at radius 3 is 2.38 bits per heavy atom. The second-order valence-corrected chi connectivity index (χ2v) is 7.73. The number of benzene rings is 1. The Hall–Kier alpha value is -2.96. The standard InChI is InChI=1S/C22H29N5O2/c1-16(2)9-10-23-22(29)19-15-20(27-13-11-26(12-14-27)17(3)28)25-21(24-19)18-7-5-4-6-8-18/h4-8,15-16H,9-14H2,1-3H3,(H,23,29). The summed E-state index contributed by atoms with van der Waals surface area (Å²) in [6, 6.07) is 11.4. The van der Waals surface area contributed by atoms with Crippen LogP contribution in [0.5, 0.6) is 0 Å². The molecule has 154 valence electrons. The maximum absolute atomic E-state index is 12.7. The number of nitrogens with zero attached hydrogens (tertiary/aromatic N) is 4. The van der Waals surface area contributed by atoms with E-state index in [0.29, 0.717) is 50.2 Å². The van der Waals surface area contributed by atoms with Gasteiger partial charge in [-0.2, -0.15) is 0 Å². The van der Waals surface area contributed by atoms with Crippen molar-refractivity contribution in [3.05, 3.63) is 42.1 Å². The van der Waals surface area contributed by atoms with Gasteiger partial charge in [0.2, 0.25) is 5.91 Å². The first-order valence-electron chi connectivity index (χ1n) is 10.2. The topological polar surface area (TPSA) is 78.4 Å². The van der Waals surface area contributed by atoms with E-state index in [0.717, 1.165) is 17.8 Å². The molecule has 0 unspecified atom stereocenters. The minimum atomic E-state index is -0.186. The minimum absolute atomic E-state index is 0.0857. The van der Waals surface area contributed by atoms with Crippen LogP contribution >= 0.6 is 0 Å². The van der Waals surface area contributed by atoms with Crippen molar-refractivity contribution in [3.8, 4) is 11.4 Å². The second kappa shape index (κ2) is 9.49. The molecule has 1 N–H and O–H groups in total. The molecule has 0 radical (unpaired) electrons. The molecular formula is C22H29N5O2. The number of amides is 2. The molecule has 1 aromatic heterocycles. The van der Waals surface area contributed by atoms with E-state index in [1.807, 2.05) is 35.2 Å². The van der Waals surface area contributed by atoms with E-state index in [2.05, 4.69) is 29.0 Å². The summed E-state index contributed by atoms with van der Waals surface area (Å²) in [4.78, 5) is 37.5. The van der Waals surface area contributed by atoms with Crippen LogP contribution < -0.4 is 10.2 Å². The van der Waals surface area contributed by atoms with Crippen molar-refractivity contribution in [2.24, 2.45) is 5.92 Å². The van der Waals surface area contributed by atoms with Gasteiger partial charge in [0.25, 0.3) is 5.91 Å². The van der Waals surface area contributed by atoms with Gasteiger partial charge >= 0.3 is 0 Å². The van der Waals surface area contributed by atoms with Crippen molar-refractivity contribution in [2.45, 2.75) is 27.2 Å². The highest BCUT2D eigenvalue weighted by Crippen LogP contribution is 2.21. The van der Waals surface area contributed by atoms with E-state index in [-0.39, 0.29) is 11.8 Å². The predicted octanol–water partition coefficient (Wildman–Crippen LogP) is 2.59. The van der Waals surface area contributed by atoms with Gasteiger partial charge in [0, 0.05) is 51.3 Å². The lowest BCUT2D eigenvalue weighted by Gasteiger charge is -2.35. The van der Waals surface area contributed by atoms with Gasteiger partial charge in [0.15, 0.2) is 5.82 Å². The summed E-state index contributed by atoms with van der Waals surface area (Å²) in [6.45, 7) is 9.12. The number of carbonyl (C=O) groups excluding carboxylic acids is 2. The molecule has 0 aliphatic carbocycles. The molecule has 2 heterocycles. The van der Waals surface area contributed by atoms with Gasteiger partial charge in [-0.3, -0.25) is 9.59 Å².